The van der Waals surface area contributed by atoms with Crippen LogP contribution in [0, 0.1) is 0 Å². The number of amides is 1. The Kier molecular flexibility index (Phi) is 6.63. The van der Waals surface area contributed by atoms with Crippen LogP contribution in [0.1, 0.15) is 24.3 Å². The molecule has 2 atom stereocenters. The largest absolute Gasteiger partial charge is 0.430 e. The van der Waals surface area contributed by atoms with Crippen LogP contribution in [-0.4, -0.2) is 46.5 Å². The van der Waals surface area contributed by atoms with E-state index in [1.807, 2.05) is 43.4 Å². The Hall–Kier alpha value is -2.05. The van der Waals surface area contributed by atoms with E-state index >= 15 is 0 Å². The van der Waals surface area contributed by atoms with Gasteiger partial charge < -0.3 is 14.4 Å². The number of carbonyl (C=O) groups is 1. The van der Waals surface area contributed by atoms with E-state index in [2.05, 4.69) is 5.10 Å². The van der Waals surface area contributed by atoms with Gasteiger partial charge >= 0.3 is 6.09 Å². The van der Waals surface area contributed by atoms with Crippen molar-refractivity contribution in [2.45, 2.75) is 18.6 Å². The fraction of sp³-hybridized carbons (Fsp3) is 0.412. The van der Waals surface area contributed by atoms with Crippen LogP contribution in [0.5, 0.6) is 0 Å². The maximum Gasteiger partial charge on any atom is 0.411 e. The maximum absolute atomic E-state index is 11.7. The topological polar surface area (TPSA) is 56.6 Å². The number of carbonyl (C=O) groups excluding carboxylic acids is 1. The van der Waals surface area contributed by atoms with E-state index in [1.165, 1.54) is 4.90 Å². The number of nitrogens with zero attached hydrogens (tertiary/aromatic N) is 3. The second kappa shape index (κ2) is 8.70. The van der Waals surface area contributed by atoms with Crippen molar-refractivity contribution in [3.8, 4) is 0 Å². The van der Waals surface area contributed by atoms with Crippen LogP contribution in [-0.2, 0) is 16.5 Å². The Bertz CT molecular complexity index is 646. The first-order chi connectivity index (χ1) is 11.5. The quantitative estimate of drug-likeness (QED) is 0.719. The van der Waals surface area contributed by atoms with Gasteiger partial charge in [-0.15, -0.1) is 0 Å². The summed E-state index contributed by atoms with van der Waals surface area (Å²) in [7, 11) is 3.52. The monoisotopic (exact) mass is 351 g/mol. The van der Waals surface area contributed by atoms with Gasteiger partial charge in [-0.2, -0.15) is 5.10 Å². The van der Waals surface area contributed by atoms with Gasteiger partial charge in [-0.3, -0.25) is 4.68 Å². The fourth-order valence-electron chi connectivity index (χ4n) is 2.25. The number of aromatic nitrogens is 2. The van der Waals surface area contributed by atoms with Crippen LogP contribution in [0.4, 0.5) is 4.79 Å². The number of halogens is 1. The standard InChI is InChI=1S/C17H22ClN3O3/c1-13(18)24-17(22)20(2)11-12-23-16(14-7-5-4-6-8-14)15-9-10-19-21(15)3/h4-10,13,16H,11-12H2,1-3H3/t13?,16-/m0/s1. The third-order valence-electron chi connectivity index (χ3n) is 3.52. The second-order valence-electron chi connectivity index (χ2n) is 5.39. The van der Waals surface area contributed by atoms with Gasteiger partial charge in [0.1, 0.15) is 6.10 Å². The molecule has 0 aliphatic heterocycles. The number of aryl methyl sites for hydroxylation is 1. The average molecular weight is 352 g/mol. The van der Waals surface area contributed by atoms with Crippen LogP contribution in [0.2, 0.25) is 0 Å². The van der Waals surface area contributed by atoms with E-state index in [4.69, 9.17) is 21.1 Å². The summed E-state index contributed by atoms with van der Waals surface area (Å²) >= 11 is 5.66. The molecule has 24 heavy (non-hydrogen) atoms. The summed E-state index contributed by atoms with van der Waals surface area (Å²) in [5, 5.41) is 4.20. The van der Waals surface area contributed by atoms with Crippen molar-refractivity contribution in [3.63, 3.8) is 0 Å². The second-order valence-corrected chi connectivity index (χ2v) is 6.00. The van der Waals surface area contributed by atoms with Crippen LogP contribution >= 0.6 is 11.6 Å². The molecule has 1 aromatic heterocycles. The maximum atomic E-state index is 11.7. The van der Waals surface area contributed by atoms with Crippen LogP contribution in [0.15, 0.2) is 42.6 Å². The first-order valence-corrected chi connectivity index (χ1v) is 8.13. The summed E-state index contributed by atoms with van der Waals surface area (Å²) in [6.45, 7) is 2.34. The molecule has 1 aromatic carbocycles. The molecule has 0 aliphatic rings. The lowest BCUT2D eigenvalue weighted by Crippen LogP contribution is -2.32. The van der Waals surface area contributed by atoms with E-state index < -0.39 is 11.7 Å². The summed E-state index contributed by atoms with van der Waals surface area (Å²) in [6, 6.07) is 11.8. The Morgan fingerprint density at radius 3 is 2.62 bits per heavy atom. The average Bonchev–Trinajstić information content (AvgIpc) is 2.97. The van der Waals surface area contributed by atoms with Gasteiger partial charge in [0.2, 0.25) is 0 Å². The Balaban J connectivity index is 2.00. The zero-order valence-electron chi connectivity index (χ0n) is 14.1. The van der Waals surface area contributed by atoms with Crippen molar-refractivity contribution in [1.29, 1.82) is 0 Å². The van der Waals surface area contributed by atoms with Crippen molar-refractivity contribution in [2.24, 2.45) is 7.05 Å². The first kappa shape index (κ1) is 18.3. The lowest BCUT2D eigenvalue weighted by atomic mass is 10.1. The van der Waals surface area contributed by atoms with Gasteiger partial charge in [0.05, 0.1) is 12.3 Å². The van der Waals surface area contributed by atoms with Gasteiger partial charge in [0.25, 0.3) is 0 Å². The molecule has 0 saturated heterocycles. The number of likely N-dealkylation sites (N-methyl/N-ethyl adjacent to an activating group) is 1. The first-order valence-electron chi connectivity index (χ1n) is 7.69. The normalized spacial score (nSPS) is 13.3. The van der Waals surface area contributed by atoms with Crippen molar-refractivity contribution >= 4 is 17.7 Å². The van der Waals surface area contributed by atoms with Crippen LogP contribution in [0.3, 0.4) is 0 Å². The van der Waals surface area contributed by atoms with Gasteiger partial charge in [-0.05, 0) is 18.6 Å². The highest BCUT2D eigenvalue weighted by Gasteiger charge is 2.19. The van der Waals surface area contributed by atoms with E-state index in [-0.39, 0.29) is 6.10 Å². The molecular formula is C17H22ClN3O3. The SMILES string of the molecule is CC(Cl)OC(=O)N(C)CCO[C@@H](c1ccccc1)c1ccnn1C. The van der Waals surface area contributed by atoms with Crippen LogP contribution < -0.4 is 0 Å². The molecule has 1 unspecified atom stereocenters. The third-order valence-corrected chi connectivity index (χ3v) is 3.60. The number of hydrogen-bond acceptors (Lipinski definition) is 4. The Labute approximate surface area is 146 Å². The molecule has 0 aliphatic carbocycles. The molecule has 2 rings (SSSR count). The zero-order valence-corrected chi connectivity index (χ0v) is 14.8. The summed E-state index contributed by atoms with van der Waals surface area (Å²) < 4.78 is 12.7. The Morgan fingerprint density at radius 1 is 1.33 bits per heavy atom. The highest BCUT2D eigenvalue weighted by molar-refractivity contribution is 6.19. The molecule has 1 heterocycles. The van der Waals surface area contributed by atoms with Crippen molar-refractivity contribution < 1.29 is 14.3 Å². The molecule has 0 fully saturated rings. The number of benzene rings is 1. The van der Waals surface area contributed by atoms with Crippen molar-refractivity contribution in [2.75, 3.05) is 20.2 Å². The van der Waals surface area contributed by atoms with Gasteiger partial charge in [0.15, 0.2) is 5.56 Å². The molecular weight excluding hydrogens is 330 g/mol. The number of ether oxygens (including phenoxy) is 2. The van der Waals surface area contributed by atoms with Gasteiger partial charge in [0, 0.05) is 26.8 Å². The minimum atomic E-state index is -0.660. The third kappa shape index (κ3) is 4.97. The molecule has 0 radical (unpaired) electrons. The number of rotatable bonds is 7. The van der Waals surface area contributed by atoms with Crippen LogP contribution in [0.25, 0.3) is 0 Å². The summed E-state index contributed by atoms with van der Waals surface area (Å²) in [6.07, 6.45) is 1.01. The highest BCUT2D eigenvalue weighted by Crippen LogP contribution is 2.25. The lowest BCUT2D eigenvalue weighted by molar-refractivity contribution is 0.0510. The summed E-state index contributed by atoms with van der Waals surface area (Å²) in [5.41, 5.74) is 1.31. The van der Waals surface area contributed by atoms with E-state index in [9.17, 15) is 4.79 Å². The molecule has 0 N–H and O–H groups in total. The molecule has 130 valence electrons. The predicted octanol–water partition coefficient (Wildman–Crippen LogP) is 3.18. The highest BCUT2D eigenvalue weighted by atomic mass is 35.5. The molecule has 0 bridgehead atoms. The molecule has 6 nitrogen and oxygen atoms in total. The lowest BCUT2D eigenvalue weighted by Gasteiger charge is -2.22. The summed E-state index contributed by atoms with van der Waals surface area (Å²) in [4.78, 5) is 13.2. The van der Waals surface area contributed by atoms with Gasteiger partial charge in [-0.1, -0.05) is 41.9 Å². The smallest absolute Gasteiger partial charge is 0.411 e. The number of alkyl halides is 1. The van der Waals surface area contributed by atoms with Gasteiger partial charge in [-0.25, -0.2) is 4.79 Å². The minimum Gasteiger partial charge on any atom is -0.430 e. The van der Waals surface area contributed by atoms with Crippen molar-refractivity contribution in [3.05, 3.63) is 53.9 Å². The van der Waals surface area contributed by atoms with E-state index in [0.29, 0.717) is 13.2 Å². The summed E-state index contributed by atoms with van der Waals surface area (Å²) in [5.74, 6) is 0. The van der Waals surface area contributed by atoms with Crippen molar-refractivity contribution in [1.82, 2.24) is 14.7 Å². The molecule has 7 heteroatoms. The van der Waals surface area contributed by atoms with E-state index in [0.717, 1.165) is 11.3 Å². The molecule has 0 spiro atoms. The molecule has 1 amide bonds. The number of hydrogen-bond donors (Lipinski definition) is 0. The fourth-order valence-corrected chi connectivity index (χ4v) is 2.33. The van der Waals surface area contributed by atoms with E-state index in [1.54, 1.807) is 24.9 Å². The molecule has 0 saturated carbocycles. The Morgan fingerprint density at radius 2 is 2.04 bits per heavy atom. The zero-order chi connectivity index (χ0) is 17.5. The predicted molar refractivity (Wildman–Crippen MR) is 91.9 cm³/mol. The molecule has 2 aromatic rings. The minimum absolute atomic E-state index is 0.255.